The van der Waals surface area contributed by atoms with Gasteiger partial charge in [0.1, 0.15) is 0 Å². The third-order valence-electron chi connectivity index (χ3n) is 6.81. The Balaban J connectivity index is 1.08. The summed E-state index contributed by atoms with van der Waals surface area (Å²) in [4.78, 5) is 34.2. The number of nitrogens with one attached hydrogen (secondary N) is 1. The molecule has 2 aliphatic rings. The summed E-state index contributed by atoms with van der Waals surface area (Å²) in [5, 5.41) is 3.03. The minimum atomic E-state index is -0.710. The smallest absolute Gasteiger partial charge is 0.274 e. The molecule has 5 rings (SSSR count). The highest BCUT2D eigenvalue weighted by Gasteiger charge is 2.36. The number of carbonyl (C=O) groups excluding carboxylic acids is 2. The molecule has 36 heavy (non-hydrogen) atoms. The van der Waals surface area contributed by atoms with Gasteiger partial charge in [-0.3, -0.25) is 19.4 Å². The Labute approximate surface area is 212 Å². The third kappa shape index (κ3) is 5.57. The van der Waals surface area contributed by atoms with Gasteiger partial charge in [-0.05, 0) is 42.5 Å². The van der Waals surface area contributed by atoms with Crippen LogP contribution in [0.5, 0.6) is 5.75 Å². The van der Waals surface area contributed by atoms with E-state index in [1.165, 1.54) is 11.1 Å². The van der Waals surface area contributed by atoms with E-state index in [-0.39, 0.29) is 11.8 Å². The molecular formula is C29H32N4O3. The van der Waals surface area contributed by atoms with Crippen molar-refractivity contribution in [1.29, 1.82) is 0 Å². The molecule has 0 saturated heterocycles. The number of hydrogen-bond donors (Lipinski definition) is 1. The second-order valence-corrected chi connectivity index (χ2v) is 9.33. The normalized spacial score (nSPS) is 17.2. The molecule has 2 aromatic carbocycles. The lowest BCUT2D eigenvalue weighted by Crippen LogP contribution is -2.42. The molecule has 0 spiro atoms. The highest BCUT2D eigenvalue weighted by atomic mass is 16.5. The van der Waals surface area contributed by atoms with E-state index in [4.69, 9.17) is 4.74 Å². The minimum absolute atomic E-state index is 0.0144. The number of pyridine rings is 1. The zero-order valence-electron chi connectivity index (χ0n) is 20.4. The van der Waals surface area contributed by atoms with E-state index in [9.17, 15) is 9.59 Å². The molecule has 0 bridgehead atoms. The number of carbonyl (C=O) groups is 2. The van der Waals surface area contributed by atoms with Gasteiger partial charge in [0.25, 0.3) is 5.91 Å². The van der Waals surface area contributed by atoms with Gasteiger partial charge in [-0.2, -0.15) is 0 Å². The second-order valence-electron chi connectivity index (χ2n) is 9.33. The molecule has 2 aliphatic heterocycles. The van der Waals surface area contributed by atoms with Crippen molar-refractivity contribution in [2.45, 2.75) is 38.3 Å². The number of benzene rings is 2. The molecule has 0 radical (unpaired) electrons. The summed E-state index contributed by atoms with van der Waals surface area (Å²) in [7, 11) is 0. The molecule has 0 unspecified atom stereocenters. The molecule has 3 aromatic rings. The zero-order chi connectivity index (χ0) is 24.7. The number of anilines is 1. The first-order valence-corrected chi connectivity index (χ1v) is 12.7. The molecule has 3 heterocycles. The molecule has 7 nitrogen and oxygen atoms in total. The first kappa shape index (κ1) is 24.0. The predicted octanol–water partition coefficient (Wildman–Crippen LogP) is 3.89. The fourth-order valence-electron chi connectivity index (χ4n) is 4.92. The molecule has 2 amide bonds. The van der Waals surface area contributed by atoms with Crippen LogP contribution in [-0.4, -0.2) is 47.9 Å². The maximum absolute atomic E-state index is 13.3. The first-order chi connectivity index (χ1) is 17.7. The topological polar surface area (TPSA) is 74.8 Å². The van der Waals surface area contributed by atoms with Crippen LogP contribution in [0.2, 0.25) is 0 Å². The van der Waals surface area contributed by atoms with Gasteiger partial charge in [0.05, 0.1) is 0 Å². The summed E-state index contributed by atoms with van der Waals surface area (Å²) in [5.74, 6) is 0.949. The van der Waals surface area contributed by atoms with Crippen LogP contribution in [-0.2, 0) is 22.6 Å². The number of hydrogen-bond acceptors (Lipinski definition) is 5. The fraction of sp³-hybridized carbons (Fsp3) is 0.345. The Kier molecular flexibility index (Phi) is 7.57. The van der Waals surface area contributed by atoms with E-state index in [0.717, 1.165) is 38.0 Å². The van der Waals surface area contributed by atoms with Crippen LogP contribution in [0, 0.1) is 0 Å². The summed E-state index contributed by atoms with van der Waals surface area (Å²) < 4.78 is 5.99. The summed E-state index contributed by atoms with van der Waals surface area (Å²) in [6, 6.07) is 21.7. The second kappa shape index (κ2) is 11.4. The molecule has 186 valence electrons. The van der Waals surface area contributed by atoms with Crippen molar-refractivity contribution in [3.63, 3.8) is 0 Å². The van der Waals surface area contributed by atoms with Gasteiger partial charge in [-0.1, -0.05) is 54.6 Å². The average Bonchev–Trinajstić information content (AvgIpc) is 2.92. The highest BCUT2D eigenvalue weighted by Crippen LogP contribution is 2.37. The van der Waals surface area contributed by atoms with Crippen molar-refractivity contribution >= 4 is 17.6 Å². The van der Waals surface area contributed by atoms with Crippen LogP contribution < -0.4 is 15.0 Å². The summed E-state index contributed by atoms with van der Waals surface area (Å²) in [6.07, 6.45) is 3.87. The maximum Gasteiger partial charge on any atom is 0.274 e. The molecule has 0 fully saturated rings. The maximum atomic E-state index is 13.3. The van der Waals surface area contributed by atoms with E-state index in [2.05, 4.69) is 39.5 Å². The zero-order valence-corrected chi connectivity index (χ0v) is 20.4. The van der Waals surface area contributed by atoms with Gasteiger partial charge in [0.2, 0.25) is 12.0 Å². The van der Waals surface area contributed by atoms with Crippen molar-refractivity contribution in [3.8, 4) is 5.75 Å². The predicted molar refractivity (Wildman–Crippen MR) is 139 cm³/mol. The summed E-state index contributed by atoms with van der Waals surface area (Å²) in [6.45, 7) is 4.10. The van der Waals surface area contributed by atoms with Crippen LogP contribution in [0.1, 0.15) is 42.1 Å². The number of rotatable bonds is 9. The monoisotopic (exact) mass is 484 g/mol. The number of aromatic nitrogens is 1. The minimum Gasteiger partial charge on any atom is -0.472 e. The Morgan fingerprint density at radius 2 is 1.78 bits per heavy atom. The van der Waals surface area contributed by atoms with E-state index in [0.29, 0.717) is 37.5 Å². The van der Waals surface area contributed by atoms with Crippen LogP contribution in [0.4, 0.5) is 5.82 Å². The lowest BCUT2D eigenvalue weighted by atomic mass is 10.00. The van der Waals surface area contributed by atoms with E-state index in [1.54, 1.807) is 17.2 Å². The summed E-state index contributed by atoms with van der Waals surface area (Å²) in [5.41, 5.74) is 3.67. The standard InChI is InChI=1S/C29H32N4O3/c34-26(30-17-8-18-32-20-15-22-9-4-5-12-24(22)21-32)14-7-19-33-28-25(13-6-16-31-28)36-27(29(33)35)23-10-2-1-3-11-23/h1-6,9-13,16,27H,7-8,14-15,17-21H2,(H,30,34)/t27-/m1/s1. The quantitative estimate of drug-likeness (QED) is 0.467. The molecule has 1 aromatic heterocycles. The Morgan fingerprint density at radius 3 is 2.64 bits per heavy atom. The highest BCUT2D eigenvalue weighted by molar-refractivity contribution is 5.99. The van der Waals surface area contributed by atoms with Crippen LogP contribution in [0.15, 0.2) is 72.9 Å². The molecule has 1 atom stereocenters. The molecule has 7 heteroatoms. The van der Waals surface area contributed by atoms with Crippen LogP contribution in [0.3, 0.4) is 0 Å². The van der Waals surface area contributed by atoms with Crippen LogP contribution >= 0.6 is 0 Å². The third-order valence-corrected chi connectivity index (χ3v) is 6.81. The Bertz CT molecular complexity index is 1200. The number of nitrogens with zero attached hydrogens (tertiary/aromatic N) is 3. The van der Waals surface area contributed by atoms with Gasteiger partial charge in [-0.25, -0.2) is 4.98 Å². The van der Waals surface area contributed by atoms with Gasteiger partial charge < -0.3 is 10.1 Å². The van der Waals surface area contributed by atoms with Crippen molar-refractivity contribution in [2.75, 3.05) is 31.1 Å². The Hall–Kier alpha value is -3.71. The van der Waals surface area contributed by atoms with Crippen molar-refractivity contribution in [3.05, 3.63) is 89.6 Å². The van der Waals surface area contributed by atoms with Gasteiger partial charge in [0, 0.05) is 50.9 Å². The van der Waals surface area contributed by atoms with E-state index < -0.39 is 6.10 Å². The fourth-order valence-corrected chi connectivity index (χ4v) is 4.92. The van der Waals surface area contributed by atoms with E-state index >= 15 is 0 Å². The first-order valence-electron chi connectivity index (χ1n) is 12.7. The van der Waals surface area contributed by atoms with Crippen molar-refractivity contribution < 1.29 is 14.3 Å². The number of amides is 2. The Morgan fingerprint density at radius 1 is 0.972 bits per heavy atom. The molecule has 1 N–H and O–H groups in total. The lowest BCUT2D eigenvalue weighted by molar-refractivity contribution is -0.127. The van der Waals surface area contributed by atoms with Gasteiger partial charge in [0.15, 0.2) is 11.6 Å². The lowest BCUT2D eigenvalue weighted by Gasteiger charge is -2.33. The number of ether oxygens (including phenoxy) is 1. The van der Waals surface area contributed by atoms with Crippen molar-refractivity contribution in [2.24, 2.45) is 0 Å². The van der Waals surface area contributed by atoms with Crippen molar-refractivity contribution in [1.82, 2.24) is 15.2 Å². The van der Waals surface area contributed by atoms with Gasteiger partial charge in [-0.15, -0.1) is 0 Å². The summed E-state index contributed by atoms with van der Waals surface area (Å²) >= 11 is 0. The SMILES string of the molecule is O=C(CCCN1C(=O)[C@@H](c2ccccc2)Oc2cccnc21)NCCCN1CCc2ccccc2C1. The van der Waals surface area contributed by atoms with E-state index in [1.807, 2.05) is 36.4 Å². The molecular weight excluding hydrogens is 452 g/mol. The molecule has 0 aliphatic carbocycles. The molecule has 0 saturated carbocycles. The average molecular weight is 485 g/mol. The van der Waals surface area contributed by atoms with Crippen LogP contribution in [0.25, 0.3) is 0 Å². The largest absolute Gasteiger partial charge is 0.472 e. The van der Waals surface area contributed by atoms with Gasteiger partial charge >= 0.3 is 0 Å². The number of fused-ring (bicyclic) bond motifs is 2.